The van der Waals surface area contributed by atoms with Gasteiger partial charge in [0.15, 0.2) is 11.5 Å². The molecule has 1 aliphatic heterocycles. The molecule has 0 unspecified atom stereocenters. The highest BCUT2D eigenvalue weighted by Gasteiger charge is 2.44. The molecule has 4 rings (SSSR count). The highest BCUT2D eigenvalue weighted by Crippen LogP contribution is 2.41. The van der Waals surface area contributed by atoms with E-state index in [0.717, 1.165) is 0 Å². The molecular formula is C23H24O11. The van der Waals surface area contributed by atoms with Crippen molar-refractivity contribution in [3.05, 3.63) is 46.8 Å². The SMILES string of the molecule is COc1cc2occ(-c3ccc(O[C@@H]4O[C@H](CO)[C@@H](O)[C@H](O)[C@H]4O)cc3)c(=O)c2c(O)c1OC. The van der Waals surface area contributed by atoms with Crippen molar-refractivity contribution in [1.82, 2.24) is 0 Å². The zero-order valence-electron chi connectivity index (χ0n) is 18.2. The molecule has 5 atom stereocenters. The van der Waals surface area contributed by atoms with E-state index in [1.165, 1.54) is 38.7 Å². The van der Waals surface area contributed by atoms with Gasteiger partial charge in [-0.25, -0.2) is 0 Å². The largest absolute Gasteiger partial charge is 0.504 e. The minimum atomic E-state index is -1.57. The molecule has 5 N–H and O–H groups in total. The van der Waals surface area contributed by atoms with Gasteiger partial charge in [-0.05, 0) is 17.7 Å². The van der Waals surface area contributed by atoms with Crippen LogP contribution in [0, 0.1) is 0 Å². The molecule has 182 valence electrons. The Kier molecular flexibility index (Phi) is 6.64. The Bertz CT molecular complexity index is 1220. The number of phenolic OH excluding ortho intramolecular Hbond substituents is 1. The maximum Gasteiger partial charge on any atom is 0.229 e. The summed E-state index contributed by atoms with van der Waals surface area (Å²) >= 11 is 0. The summed E-state index contributed by atoms with van der Waals surface area (Å²) in [5, 5.41) is 49.7. The number of phenols is 1. The van der Waals surface area contributed by atoms with Crippen molar-refractivity contribution < 1.29 is 48.9 Å². The van der Waals surface area contributed by atoms with E-state index in [4.69, 9.17) is 23.4 Å². The lowest BCUT2D eigenvalue weighted by molar-refractivity contribution is -0.277. The van der Waals surface area contributed by atoms with Crippen LogP contribution in [0.3, 0.4) is 0 Å². The second kappa shape index (κ2) is 9.49. The first kappa shape index (κ1) is 23.8. The smallest absolute Gasteiger partial charge is 0.229 e. The van der Waals surface area contributed by atoms with E-state index in [-0.39, 0.29) is 33.8 Å². The van der Waals surface area contributed by atoms with Gasteiger partial charge in [0.2, 0.25) is 17.5 Å². The molecule has 0 spiro atoms. The lowest BCUT2D eigenvalue weighted by Crippen LogP contribution is -2.60. The van der Waals surface area contributed by atoms with E-state index in [1.807, 2.05) is 0 Å². The Morgan fingerprint density at radius 1 is 1.00 bits per heavy atom. The first-order valence-corrected chi connectivity index (χ1v) is 10.3. The second-order valence-electron chi connectivity index (χ2n) is 7.65. The summed E-state index contributed by atoms with van der Waals surface area (Å²) in [6.07, 6.45) is -5.81. The van der Waals surface area contributed by atoms with Crippen LogP contribution in [0.1, 0.15) is 0 Å². The fraction of sp³-hybridized carbons (Fsp3) is 0.348. The fourth-order valence-electron chi connectivity index (χ4n) is 3.79. The molecular weight excluding hydrogens is 452 g/mol. The lowest BCUT2D eigenvalue weighted by Gasteiger charge is -2.39. The lowest BCUT2D eigenvalue weighted by atomic mass is 9.99. The normalized spacial score (nSPS) is 24.7. The van der Waals surface area contributed by atoms with Crippen LogP contribution in [0.5, 0.6) is 23.0 Å². The summed E-state index contributed by atoms with van der Waals surface area (Å²) < 4.78 is 26.7. The Morgan fingerprint density at radius 3 is 2.32 bits per heavy atom. The van der Waals surface area contributed by atoms with Crippen LogP contribution in [0.25, 0.3) is 22.1 Å². The summed E-state index contributed by atoms with van der Waals surface area (Å²) in [7, 11) is 2.73. The van der Waals surface area contributed by atoms with E-state index in [0.29, 0.717) is 5.56 Å². The summed E-state index contributed by atoms with van der Waals surface area (Å²) in [6.45, 7) is -0.578. The van der Waals surface area contributed by atoms with Crippen LogP contribution in [0.15, 0.2) is 45.8 Å². The first-order chi connectivity index (χ1) is 16.3. The minimum Gasteiger partial charge on any atom is -0.504 e. The number of fused-ring (bicyclic) bond motifs is 1. The van der Waals surface area contributed by atoms with Gasteiger partial charge >= 0.3 is 0 Å². The number of methoxy groups -OCH3 is 2. The van der Waals surface area contributed by atoms with Gasteiger partial charge in [0.25, 0.3) is 0 Å². The third-order valence-electron chi connectivity index (χ3n) is 5.65. The number of hydrogen-bond donors (Lipinski definition) is 5. The number of aliphatic hydroxyl groups is 4. The van der Waals surface area contributed by atoms with Crippen LogP contribution in [0.2, 0.25) is 0 Å². The number of aromatic hydroxyl groups is 1. The summed E-state index contributed by atoms with van der Waals surface area (Å²) in [4.78, 5) is 13.1. The van der Waals surface area contributed by atoms with Crippen molar-refractivity contribution in [2.24, 2.45) is 0 Å². The molecule has 3 aromatic rings. The molecule has 11 nitrogen and oxygen atoms in total. The topological polar surface area (TPSA) is 168 Å². The standard InChI is InChI=1S/C23H24O11/c1-30-14-7-13-16(19(27)22(14)31-2)17(25)12(9-32-13)10-3-5-11(6-4-10)33-23-21(29)20(28)18(26)15(8-24)34-23/h3-7,9,15,18,20-21,23-24,26-29H,8H2,1-2H3/t15-,18-,20+,21-,23-/m1/s1. The van der Waals surface area contributed by atoms with Crippen LogP contribution in [-0.2, 0) is 4.74 Å². The average molecular weight is 476 g/mol. The quantitative estimate of drug-likeness (QED) is 0.333. The van der Waals surface area contributed by atoms with Gasteiger partial charge in [-0.1, -0.05) is 12.1 Å². The first-order valence-electron chi connectivity index (χ1n) is 10.3. The highest BCUT2D eigenvalue weighted by atomic mass is 16.7. The number of ether oxygens (including phenoxy) is 4. The van der Waals surface area contributed by atoms with Crippen molar-refractivity contribution in [2.75, 3.05) is 20.8 Å². The monoisotopic (exact) mass is 476 g/mol. The molecule has 0 bridgehead atoms. The minimum absolute atomic E-state index is 0.00252. The van der Waals surface area contributed by atoms with Crippen LogP contribution >= 0.6 is 0 Å². The molecule has 1 aliphatic rings. The van der Waals surface area contributed by atoms with E-state index >= 15 is 0 Å². The molecule has 0 amide bonds. The molecule has 1 aromatic heterocycles. The third kappa shape index (κ3) is 4.04. The maximum atomic E-state index is 13.1. The van der Waals surface area contributed by atoms with Gasteiger partial charge in [0.05, 0.1) is 26.4 Å². The molecule has 0 saturated carbocycles. The average Bonchev–Trinajstić information content (AvgIpc) is 2.84. The van der Waals surface area contributed by atoms with Crippen molar-refractivity contribution in [2.45, 2.75) is 30.7 Å². The Labute approximate surface area is 192 Å². The van der Waals surface area contributed by atoms with Crippen molar-refractivity contribution in [3.8, 4) is 34.1 Å². The van der Waals surface area contributed by atoms with Gasteiger partial charge in [0.1, 0.15) is 47.4 Å². The molecule has 1 saturated heterocycles. The molecule has 2 aromatic carbocycles. The summed E-state index contributed by atoms with van der Waals surface area (Å²) in [5.41, 5.74) is 0.231. The molecule has 0 aliphatic carbocycles. The Morgan fingerprint density at radius 2 is 1.71 bits per heavy atom. The fourth-order valence-corrected chi connectivity index (χ4v) is 3.79. The van der Waals surface area contributed by atoms with Crippen LogP contribution in [-0.4, -0.2) is 77.1 Å². The Balaban J connectivity index is 1.63. The predicted octanol–water partition coefficient (Wildman–Crippen LogP) is 0.361. The Hall–Kier alpha value is -3.35. The third-order valence-corrected chi connectivity index (χ3v) is 5.65. The number of rotatable bonds is 6. The van der Waals surface area contributed by atoms with E-state index < -0.39 is 48.5 Å². The van der Waals surface area contributed by atoms with Crippen LogP contribution in [0.4, 0.5) is 0 Å². The van der Waals surface area contributed by atoms with Crippen molar-refractivity contribution in [1.29, 1.82) is 0 Å². The van der Waals surface area contributed by atoms with Gasteiger partial charge < -0.3 is 48.9 Å². The second-order valence-corrected chi connectivity index (χ2v) is 7.65. The molecule has 2 heterocycles. The summed E-state index contributed by atoms with van der Waals surface area (Å²) in [5.74, 6) is 0.0309. The zero-order chi connectivity index (χ0) is 24.6. The van der Waals surface area contributed by atoms with Gasteiger partial charge in [-0.15, -0.1) is 0 Å². The number of aliphatic hydroxyl groups excluding tert-OH is 4. The molecule has 11 heteroatoms. The van der Waals surface area contributed by atoms with E-state index in [9.17, 15) is 30.3 Å². The van der Waals surface area contributed by atoms with Crippen LogP contribution < -0.4 is 19.6 Å². The van der Waals surface area contributed by atoms with Gasteiger partial charge in [-0.3, -0.25) is 4.79 Å². The molecule has 0 radical (unpaired) electrons. The maximum absolute atomic E-state index is 13.1. The molecule has 34 heavy (non-hydrogen) atoms. The van der Waals surface area contributed by atoms with E-state index in [2.05, 4.69) is 0 Å². The van der Waals surface area contributed by atoms with Crippen molar-refractivity contribution in [3.63, 3.8) is 0 Å². The predicted molar refractivity (Wildman–Crippen MR) is 117 cm³/mol. The van der Waals surface area contributed by atoms with Crippen molar-refractivity contribution >= 4 is 11.0 Å². The number of hydrogen-bond acceptors (Lipinski definition) is 11. The zero-order valence-corrected chi connectivity index (χ0v) is 18.2. The summed E-state index contributed by atoms with van der Waals surface area (Å²) in [6, 6.07) is 7.53. The van der Waals surface area contributed by atoms with Gasteiger partial charge in [0, 0.05) is 6.07 Å². The van der Waals surface area contributed by atoms with Gasteiger partial charge in [-0.2, -0.15) is 0 Å². The highest BCUT2D eigenvalue weighted by molar-refractivity contribution is 5.91. The van der Waals surface area contributed by atoms with E-state index in [1.54, 1.807) is 12.1 Å². The number of benzene rings is 2. The molecule has 1 fully saturated rings.